The molecule has 0 rings (SSSR count). The van der Waals surface area contributed by atoms with Crippen LogP contribution in [0.3, 0.4) is 0 Å². The highest BCUT2D eigenvalue weighted by atomic mass is 35.5. The molecule has 0 aromatic heterocycles. The van der Waals surface area contributed by atoms with Crippen molar-refractivity contribution in [2.45, 2.75) is 0 Å². The van der Waals surface area contributed by atoms with Crippen LogP contribution in [0.4, 0.5) is 0 Å². The van der Waals surface area contributed by atoms with Gasteiger partial charge in [0.05, 0.1) is 47.5 Å². The number of halogens is 4. The molecule has 0 bridgehead atoms. The summed E-state index contributed by atoms with van der Waals surface area (Å²) in [6.07, 6.45) is 0. The average molecular weight is 316 g/mol. The molecule has 0 atom stereocenters. The van der Waals surface area contributed by atoms with E-state index in [0.717, 1.165) is 0 Å². The third-order valence-electron chi connectivity index (χ3n) is 0.538. The molecule has 13 heteroatoms. The van der Waals surface area contributed by atoms with Gasteiger partial charge in [-0.15, -0.1) is 0 Å². The molecule has 0 saturated heterocycles. The Morgan fingerprint density at radius 1 is 0.692 bits per heavy atom. The molecule has 80 valence electrons. The normalized spacial score (nSPS) is 13.2. The van der Waals surface area contributed by atoms with Gasteiger partial charge in [-0.3, -0.25) is 0 Å². The molecule has 0 fully saturated rings. The first-order valence-electron chi connectivity index (χ1n) is 2.08. The maximum Gasteiger partial charge on any atom is 0.516 e. The molecular formula is Cl4O7P2. The Labute approximate surface area is 92.9 Å². The van der Waals surface area contributed by atoms with Gasteiger partial charge in [0.25, 0.3) is 0 Å². The average Bonchev–Trinajstić information content (AvgIpc) is 2.17. The predicted molar refractivity (Wildman–Crippen MR) is 44.1 cm³/mol. The van der Waals surface area contributed by atoms with Crippen LogP contribution >= 0.6 is 63.1 Å². The highest BCUT2D eigenvalue weighted by molar-refractivity contribution is 7.63. The maximum absolute atomic E-state index is 10.9. The van der Waals surface area contributed by atoms with E-state index in [1.807, 2.05) is 0 Å². The van der Waals surface area contributed by atoms with Crippen LogP contribution in [-0.4, -0.2) is 0 Å². The van der Waals surface area contributed by atoms with Crippen LogP contribution < -0.4 is 0 Å². The summed E-state index contributed by atoms with van der Waals surface area (Å²) in [5.74, 6) is 0. The molecule has 0 spiro atoms. The zero-order valence-corrected chi connectivity index (χ0v) is 10.1. The van der Waals surface area contributed by atoms with Gasteiger partial charge in [-0.2, -0.15) is 20.6 Å². The fourth-order valence-electron chi connectivity index (χ4n) is 0.194. The molecular weight excluding hydrogens is 316 g/mol. The molecule has 13 heavy (non-hydrogen) atoms. The van der Waals surface area contributed by atoms with Crippen LogP contribution in [0, 0.1) is 0 Å². The van der Waals surface area contributed by atoms with E-state index in [4.69, 9.17) is 0 Å². The second-order valence-corrected chi connectivity index (χ2v) is 5.90. The van der Waals surface area contributed by atoms with Crippen LogP contribution in [0.25, 0.3) is 0 Å². The zero-order chi connectivity index (χ0) is 10.5. The van der Waals surface area contributed by atoms with Gasteiger partial charge in [0.1, 0.15) is 0 Å². The van der Waals surface area contributed by atoms with Crippen molar-refractivity contribution in [3.05, 3.63) is 0 Å². The van der Waals surface area contributed by atoms with Gasteiger partial charge < -0.3 is 0 Å². The molecule has 0 N–H and O–H groups in total. The lowest BCUT2D eigenvalue weighted by Crippen LogP contribution is -1.90. The summed E-state index contributed by atoms with van der Waals surface area (Å²) < 4.78 is 40.1. The Kier molecular flexibility index (Phi) is 6.77. The Hall–Kier alpha value is 1.42. The van der Waals surface area contributed by atoms with E-state index in [-0.39, 0.29) is 0 Å². The van der Waals surface area contributed by atoms with Gasteiger partial charge in [0.2, 0.25) is 0 Å². The Bertz CT molecular complexity index is 199. The standard InChI is InChI=1S/Cl4O7P2/c1-7-12(5,8-2)11-13(6,9-3)10-4. The van der Waals surface area contributed by atoms with Crippen LogP contribution in [-0.2, 0) is 29.7 Å². The van der Waals surface area contributed by atoms with Crippen molar-refractivity contribution in [1.29, 1.82) is 0 Å². The first-order chi connectivity index (χ1) is 5.95. The number of hydrogen-bond donors (Lipinski definition) is 0. The van der Waals surface area contributed by atoms with Crippen molar-refractivity contribution in [1.82, 2.24) is 0 Å². The van der Waals surface area contributed by atoms with Crippen LogP contribution in [0.1, 0.15) is 0 Å². The molecule has 0 unspecified atom stereocenters. The minimum absolute atomic E-state index is 3.59. The van der Waals surface area contributed by atoms with Crippen LogP contribution in [0.15, 0.2) is 0 Å². The molecule has 0 aromatic carbocycles. The molecule has 0 radical (unpaired) electrons. The van der Waals surface area contributed by atoms with Gasteiger partial charge in [0, 0.05) is 0 Å². The van der Waals surface area contributed by atoms with Crippen LogP contribution in [0.5, 0.6) is 0 Å². The van der Waals surface area contributed by atoms with Gasteiger partial charge >= 0.3 is 15.6 Å². The fraction of sp³-hybridized carbons (Fsp3) is 0. The van der Waals surface area contributed by atoms with Gasteiger partial charge in [-0.1, -0.05) is 0 Å². The second-order valence-electron chi connectivity index (χ2n) is 1.25. The Morgan fingerprint density at radius 3 is 1.08 bits per heavy atom. The summed E-state index contributed by atoms with van der Waals surface area (Å²) in [6.45, 7) is 0. The van der Waals surface area contributed by atoms with E-state index in [0.29, 0.717) is 0 Å². The zero-order valence-electron chi connectivity index (χ0n) is 5.26. The third kappa shape index (κ3) is 4.64. The van der Waals surface area contributed by atoms with Crippen molar-refractivity contribution in [2.24, 2.45) is 0 Å². The minimum atomic E-state index is -4.49. The van der Waals surface area contributed by atoms with E-state index in [1.165, 1.54) is 0 Å². The van der Waals surface area contributed by atoms with Crippen LogP contribution in [0.2, 0.25) is 0 Å². The van der Waals surface area contributed by atoms with E-state index < -0.39 is 15.6 Å². The first kappa shape index (κ1) is 14.4. The molecule has 0 aliphatic carbocycles. The SMILES string of the molecule is O=P(OCl)(OCl)OP(=O)(OCl)OCl. The number of hydrogen-bond acceptors (Lipinski definition) is 7. The molecule has 0 aromatic rings. The smallest absolute Gasteiger partial charge is 0.225 e. The van der Waals surface area contributed by atoms with Crippen molar-refractivity contribution in [3.63, 3.8) is 0 Å². The molecule has 0 aliphatic rings. The fourth-order valence-corrected chi connectivity index (χ4v) is 3.04. The minimum Gasteiger partial charge on any atom is -0.225 e. The van der Waals surface area contributed by atoms with E-state index >= 15 is 0 Å². The Morgan fingerprint density at radius 2 is 0.923 bits per heavy atom. The van der Waals surface area contributed by atoms with Gasteiger partial charge in [0.15, 0.2) is 0 Å². The summed E-state index contributed by atoms with van der Waals surface area (Å²) in [4.78, 5) is 0. The second kappa shape index (κ2) is 6.10. The lowest BCUT2D eigenvalue weighted by Gasteiger charge is -2.12. The molecule has 7 nitrogen and oxygen atoms in total. The highest BCUT2D eigenvalue weighted by Crippen LogP contribution is 2.67. The summed E-state index contributed by atoms with van der Waals surface area (Å²) >= 11 is 18.5. The van der Waals surface area contributed by atoms with E-state index in [9.17, 15) is 9.13 Å². The topological polar surface area (TPSA) is 80.3 Å². The summed E-state index contributed by atoms with van der Waals surface area (Å²) in [5, 5.41) is 0. The first-order valence-corrected chi connectivity index (χ1v) is 6.23. The highest BCUT2D eigenvalue weighted by Gasteiger charge is 2.41. The van der Waals surface area contributed by atoms with Gasteiger partial charge in [-0.05, 0) is 0 Å². The number of rotatable bonds is 6. The third-order valence-corrected chi connectivity index (χ3v) is 4.84. The van der Waals surface area contributed by atoms with Crippen molar-refractivity contribution < 1.29 is 29.7 Å². The summed E-state index contributed by atoms with van der Waals surface area (Å²) in [6, 6.07) is 0. The summed E-state index contributed by atoms with van der Waals surface area (Å²) in [7, 11) is -8.97. The van der Waals surface area contributed by atoms with Crippen molar-refractivity contribution >= 4 is 63.1 Å². The maximum atomic E-state index is 10.9. The van der Waals surface area contributed by atoms with Gasteiger partial charge in [-0.25, -0.2) is 9.13 Å². The van der Waals surface area contributed by atoms with E-state index in [1.54, 1.807) is 0 Å². The largest absolute Gasteiger partial charge is 0.516 e. The molecule has 0 saturated carbocycles. The molecule has 0 heterocycles. The lowest BCUT2D eigenvalue weighted by atomic mass is 15.7. The molecule has 0 aliphatic heterocycles. The number of phosphoric acid groups is 2. The Balaban J connectivity index is 4.57. The monoisotopic (exact) mass is 314 g/mol. The predicted octanol–water partition coefficient (Wildman–Crippen LogP) is 3.90. The van der Waals surface area contributed by atoms with Crippen molar-refractivity contribution in [2.75, 3.05) is 0 Å². The van der Waals surface area contributed by atoms with Crippen molar-refractivity contribution in [3.8, 4) is 0 Å². The quantitative estimate of drug-likeness (QED) is 0.687. The summed E-state index contributed by atoms with van der Waals surface area (Å²) in [5.41, 5.74) is 0. The van der Waals surface area contributed by atoms with E-state index in [2.05, 4.69) is 68.1 Å². The lowest BCUT2D eigenvalue weighted by molar-refractivity contribution is 0.261. The molecule has 0 amide bonds.